The first kappa shape index (κ1) is 14.9. The molecule has 0 spiro atoms. The standard InChI is InChI=1S/C14H20N2O4S/c1-5-10-9(6(2)17)13(18)16(10)11(14(19)20)12(5)21-8-3-7(15)4-8/h5-10,17H,3-4,15H2,1-2H3,(H,19,20)/t5-,6-,7?,8?,9-,10-/m1/s1. The number of β-lactam (4-membered cyclic amide) rings is 1. The minimum Gasteiger partial charge on any atom is -0.477 e. The highest BCUT2D eigenvalue weighted by atomic mass is 32.2. The van der Waals surface area contributed by atoms with Gasteiger partial charge in [-0.3, -0.25) is 4.79 Å². The molecule has 1 saturated carbocycles. The lowest BCUT2D eigenvalue weighted by Crippen LogP contribution is -2.63. The number of carboxylic acids is 1. The Hall–Kier alpha value is -1.05. The van der Waals surface area contributed by atoms with Crippen molar-refractivity contribution >= 4 is 23.6 Å². The van der Waals surface area contributed by atoms with E-state index in [0.29, 0.717) is 5.25 Å². The van der Waals surface area contributed by atoms with Crippen LogP contribution in [0, 0.1) is 11.8 Å². The number of fused-ring (bicyclic) bond motifs is 1. The average Bonchev–Trinajstić information content (AvgIpc) is 2.58. The number of carbonyl (C=O) groups excluding carboxylic acids is 1. The van der Waals surface area contributed by atoms with Crippen LogP contribution in [0.4, 0.5) is 0 Å². The number of aliphatic hydroxyl groups excluding tert-OH is 1. The second kappa shape index (κ2) is 5.00. The van der Waals surface area contributed by atoms with Gasteiger partial charge in [-0.05, 0) is 19.8 Å². The summed E-state index contributed by atoms with van der Waals surface area (Å²) in [5.74, 6) is -1.88. The monoisotopic (exact) mass is 312 g/mol. The third-order valence-electron chi connectivity index (χ3n) is 4.74. The Morgan fingerprint density at radius 1 is 1.48 bits per heavy atom. The third kappa shape index (κ3) is 2.10. The van der Waals surface area contributed by atoms with Crippen molar-refractivity contribution in [1.82, 2.24) is 4.90 Å². The molecular weight excluding hydrogens is 292 g/mol. The molecule has 21 heavy (non-hydrogen) atoms. The van der Waals surface area contributed by atoms with E-state index in [-0.39, 0.29) is 29.6 Å². The van der Waals surface area contributed by atoms with E-state index in [1.54, 1.807) is 18.7 Å². The molecule has 2 fully saturated rings. The number of hydrogen-bond acceptors (Lipinski definition) is 5. The van der Waals surface area contributed by atoms with Crippen LogP contribution in [0.15, 0.2) is 10.6 Å². The van der Waals surface area contributed by atoms with Crippen molar-refractivity contribution in [3.05, 3.63) is 10.6 Å². The van der Waals surface area contributed by atoms with Gasteiger partial charge in [-0.25, -0.2) is 4.79 Å². The molecule has 116 valence electrons. The van der Waals surface area contributed by atoms with E-state index in [0.717, 1.165) is 17.7 Å². The van der Waals surface area contributed by atoms with Crippen LogP contribution in [0.2, 0.25) is 0 Å². The SMILES string of the molecule is C[C@@H](O)[C@H]1C(=O)N2C(C(=O)O)=C(SC3CC(N)C3)[C@H](C)[C@H]12. The maximum atomic E-state index is 12.2. The largest absolute Gasteiger partial charge is 0.477 e. The Labute approximate surface area is 127 Å². The van der Waals surface area contributed by atoms with Gasteiger partial charge in [0.25, 0.3) is 0 Å². The summed E-state index contributed by atoms with van der Waals surface area (Å²) in [6, 6.07) is -0.0168. The van der Waals surface area contributed by atoms with E-state index < -0.39 is 18.0 Å². The van der Waals surface area contributed by atoms with Gasteiger partial charge in [0.05, 0.1) is 18.1 Å². The first-order valence-corrected chi connectivity index (χ1v) is 8.11. The lowest BCUT2D eigenvalue weighted by Gasteiger charge is -2.46. The molecule has 0 bridgehead atoms. The highest BCUT2D eigenvalue weighted by molar-refractivity contribution is 8.03. The Bertz CT molecular complexity index is 527. The molecule has 4 N–H and O–H groups in total. The maximum Gasteiger partial charge on any atom is 0.353 e. The van der Waals surface area contributed by atoms with Crippen molar-refractivity contribution in [2.75, 3.05) is 0 Å². The lowest BCUT2D eigenvalue weighted by molar-refractivity contribution is -0.163. The summed E-state index contributed by atoms with van der Waals surface area (Å²) < 4.78 is 0. The highest BCUT2D eigenvalue weighted by Crippen LogP contribution is 2.52. The van der Waals surface area contributed by atoms with Crippen molar-refractivity contribution in [2.24, 2.45) is 17.6 Å². The zero-order valence-electron chi connectivity index (χ0n) is 12.0. The van der Waals surface area contributed by atoms with Crippen LogP contribution < -0.4 is 5.73 Å². The highest BCUT2D eigenvalue weighted by Gasteiger charge is 2.60. The van der Waals surface area contributed by atoms with Crippen LogP contribution >= 0.6 is 11.8 Å². The van der Waals surface area contributed by atoms with Gasteiger partial charge in [-0.15, -0.1) is 11.8 Å². The summed E-state index contributed by atoms with van der Waals surface area (Å²) >= 11 is 1.55. The number of hydrogen-bond donors (Lipinski definition) is 3. The molecule has 2 aliphatic heterocycles. The van der Waals surface area contributed by atoms with E-state index in [4.69, 9.17) is 5.73 Å². The first-order valence-electron chi connectivity index (χ1n) is 7.23. The number of aliphatic hydroxyl groups is 1. The third-order valence-corrected chi connectivity index (χ3v) is 6.27. The van der Waals surface area contributed by atoms with Crippen LogP contribution in [-0.4, -0.2) is 50.4 Å². The van der Waals surface area contributed by atoms with Crippen molar-refractivity contribution < 1.29 is 19.8 Å². The first-order chi connectivity index (χ1) is 9.82. The smallest absolute Gasteiger partial charge is 0.353 e. The molecule has 0 aromatic carbocycles. The predicted octanol–water partition coefficient (Wildman–Crippen LogP) is 0.363. The topological polar surface area (TPSA) is 104 Å². The van der Waals surface area contributed by atoms with Gasteiger partial charge >= 0.3 is 5.97 Å². The Kier molecular flexibility index (Phi) is 3.54. The molecule has 1 saturated heterocycles. The van der Waals surface area contributed by atoms with Crippen LogP contribution in [0.5, 0.6) is 0 Å². The molecule has 6 nitrogen and oxygen atoms in total. The van der Waals surface area contributed by atoms with Crippen molar-refractivity contribution in [2.45, 2.75) is 50.1 Å². The molecule has 3 aliphatic rings. The van der Waals surface area contributed by atoms with Gasteiger partial charge in [-0.1, -0.05) is 6.92 Å². The Balaban J connectivity index is 1.86. The van der Waals surface area contributed by atoms with Crippen molar-refractivity contribution in [3.63, 3.8) is 0 Å². The van der Waals surface area contributed by atoms with Crippen LogP contribution in [-0.2, 0) is 9.59 Å². The summed E-state index contributed by atoms with van der Waals surface area (Å²) in [4.78, 5) is 25.9. The summed E-state index contributed by atoms with van der Waals surface area (Å²) in [6.07, 6.45) is 1.01. The molecule has 0 unspecified atom stereocenters. The molecule has 7 heteroatoms. The number of thioether (sulfide) groups is 1. The number of aliphatic carboxylic acids is 1. The summed E-state index contributed by atoms with van der Waals surface area (Å²) in [5, 5.41) is 19.6. The van der Waals surface area contributed by atoms with Crippen molar-refractivity contribution in [1.29, 1.82) is 0 Å². The maximum absolute atomic E-state index is 12.2. The summed E-state index contributed by atoms with van der Waals surface area (Å²) in [7, 11) is 0. The molecule has 3 rings (SSSR count). The summed E-state index contributed by atoms with van der Waals surface area (Å²) in [5.41, 5.74) is 5.89. The van der Waals surface area contributed by atoms with Crippen LogP contribution in [0.25, 0.3) is 0 Å². The molecule has 4 atom stereocenters. The average molecular weight is 312 g/mol. The van der Waals surface area contributed by atoms with E-state index >= 15 is 0 Å². The molecule has 2 heterocycles. The second-order valence-electron chi connectivity index (χ2n) is 6.24. The van der Waals surface area contributed by atoms with Crippen LogP contribution in [0.1, 0.15) is 26.7 Å². The Morgan fingerprint density at radius 2 is 2.10 bits per heavy atom. The van der Waals surface area contributed by atoms with Gasteiger partial charge in [-0.2, -0.15) is 0 Å². The minimum absolute atomic E-state index is 0.0461. The van der Waals surface area contributed by atoms with E-state index in [1.807, 2.05) is 6.92 Å². The van der Waals surface area contributed by atoms with E-state index in [2.05, 4.69) is 0 Å². The normalized spacial score (nSPS) is 39.7. The second-order valence-corrected chi connectivity index (χ2v) is 7.59. The lowest BCUT2D eigenvalue weighted by atomic mass is 9.79. The fourth-order valence-electron chi connectivity index (χ4n) is 3.56. The minimum atomic E-state index is -1.06. The number of rotatable bonds is 4. The van der Waals surface area contributed by atoms with Gasteiger partial charge in [0.1, 0.15) is 5.70 Å². The number of nitrogens with zero attached hydrogens (tertiary/aromatic N) is 1. The van der Waals surface area contributed by atoms with Crippen LogP contribution in [0.3, 0.4) is 0 Å². The zero-order chi connectivity index (χ0) is 15.5. The molecule has 0 aromatic heterocycles. The number of carboxylic acid groups (broad SMARTS) is 1. The van der Waals surface area contributed by atoms with E-state index in [1.165, 1.54) is 4.90 Å². The van der Waals surface area contributed by atoms with Gasteiger partial charge in [0, 0.05) is 22.1 Å². The van der Waals surface area contributed by atoms with Gasteiger partial charge < -0.3 is 20.8 Å². The predicted molar refractivity (Wildman–Crippen MR) is 78.2 cm³/mol. The quantitative estimate of drug-likeness (QED) is 0.648. The fraction of sp³-hybridized carbons (Fsp3) is 0.714. The fourth-order valence-corrected chi connectivity index (χ4v) is 5.26. The van der Waals surface area contributed by atoms with Gasteiger partial charge in [0.15, 0.2) is 0 Å². The molecule has 1 amide bonds. The number of carbonyl (C=O) groups is 2. The number of amides is 1. The van der Waals surface area contributed by atoms with E-state index in [9.17, 15) is 19.8 Å². The molecule has 0 radical (unpaired) electrons. The Morgan fingerprint density at radius 3 is 2.57 bits per heavy atom. The molecule has 1 aliphatic carbocycles. The van der Waals surface area contributed by atoms with Gasteiger partial charge in [0.2, 0.25) is 5.91 Å². The zero-order valence-corrected chi connectivity index (χ0v) is 12.8. The number of nitrogens with two attached hydrogens (primary N) is 1. The summed E-state index contributed by atoms with van der Waals surface area (Å²) in [6.45, 7) is 3.53. The molecule has 0 aromatic rings. The molecular formula is C14H20N2O4S. The van der Waals surface area contributed by atoms with Crippen molar-refractivity contribution in [3.8, 4) is 0 Å².